The average Bonchev–Trinajstić information content (AvgIpc) is 2.78. The number of hydrogen-bond acceptors (Lipinski definition) is 3. The molecule has 4 fully saturated rings. The topological polar surface area (TPSA) is 94.8 Å². The van der Waals surface area contributed by atoms with Gasteiger partial charge in [-0.2, -0.15) is 0 Å². The van der Waals surface area contributed by atoms with Gasteiger partial charge in [0.25, 0.3) is 0 Å². The molecule has 5 rings (SSSR count). The lowest BCUT2D eigenvalue weighted by Crippen LogP contribution is -2.67. The van der Waals surface area contributed by atoms with Crippen LogP contribution < -0.4 is 0 Å². The number of aliphatic carboxylic acids is 2. The molecular weight excluding hydrogens is 440 g/mol. The number of hydrogen-bond donors (Lipinski definition) is 3. The smallest absolute Gasteiger partial charge is 0.314 e. The lowest BCUT2D eigenvalue weighted by Gasteiger charge is -2.70. The molecule has 0 aromatic rings. The van der Waals surface area contributed by atoms with Crippen molar-refractivity contribution in [3.05, 3.63) is 11.6 Å². The van der Waals surface area contributed by atoms with Crippen molar-refractivity contribution in [2.45, 2.75) is 105 Å². The largest absolute Gasteiger partial charge is 0.481 e. The minimum atomic E-state index is -1.00. The van der Waals surface area contributed by atoms with Crippen molar-refractivity contribution in [3.63, 3.8) is 0 Å². The fraction of sp³-hybridized carbons (Fsp3) is 0.867. The highest BCUT2D eigenvalue weighted by Crippen LogP contribution is 2.75. The van der Waals surface area contributed by atoms with Crippen LogP contribution in [0.2, 0.25) is 0 Å². The monoisotopic (exact) mass is 486 g/mol. The number of aliphatic hydroxyl groups is 1. The van der Waals surface area contributed by atoms with Crippen LogP contribution in [0.5, 0.6) is 0 Å². The number of fused-ring (bicyclic) bond motifs is 7. The fourth-order valence-electron chi connectivity index (χ4n) is 11.0. The average molecular weight is 487 g/mol. The van der Waals surface area contributed by atoms with Gasteiger partial charge in [0.15, 0.2) is 0 Å². The molecular formula is C30H46O5. The lowest BCUT2D eigenvalue weighted by atomic mass is 9.33. The SMILES string of the molecule is C[C@H]1[C@H](C)CC[C@]2(C(=O)O)CC[C@]3(C(=O)O)C(=CC[C@@H]4[C@@]5(C)CC[C@H](O)C(C)(C)[C@@H]5CC[C@]43C)[C@@H]12. The van der Waals surface area contributed by atoms with E-state index in [1.165, 1.54) is 0 Å². The minimum absolute atomic E-state index is 0.0347. The Balaban J connectivity index is 1.68. The highest BCUT2D eigenvalue weighted by Gasteiger charge is 2.73. The number of allylic oxidation sites excluding steroid dienone is 1. The zero-order chi connectivity index (χ0) is 25.8. The van der Waals surface area contributed by atoms with Gasteiger partial charge in [-0.15, -0.1) is 0 Å². The molecule has 10 atom stereocenters. The molecule has 0 radical (unpaired) electrons. The number of carboxylic acid groups (broad SMARTS) is 2. The molecule has 0 heterocycles. The summed E-state index contributed by atoms with van der Waals surface area (Å²) >= 11 is 0. The molecule has 3 N–H and O–H groups in total. The molecule has 0 aromatic heterocycles. The number of carbonyl (C=O) groups is 2. The van der Waals surface area contributed by atoms with Crippen LogP contribution in [0.3, 0.4) is 0 Å². The van der Waals surface area contributed by atoms with Crippen LogP contribution >= 0.6 is 0 Å². The van der Waals surface area contributed by atoms with Crippen molar-refractivity contribution >= 4 is 11.9 Å². The molecule has 5 nitrogen and oxygen atoms in total. The summed E-state index contributed by atoms with van der Waals surface area (Å²) in [5, 5.41) is 32.5. The molecule has 0 unspecified atom stereocenters. The van der Waals surface area contributed by atoms with Crippen molar-refractivity contribution in [1.82, 2.24) is 0 Å². The third kappa shape index (κ3) is 2.85. The quantitative estimate of drug-likeness (QED) is 0.407. The Kier molecular flexibility index (Phi) is 5.48. The predicted molar refractivity (Wildman–Crippen MR) is 135 cm³/mol. The summed E-state index contributed by atoms with van der Waals surface area (Å²) in [4.78, 5) is 26.3. The van der Waals surface area contributed by atoms with Crippen LogP contribution in [0.25, 0.3) is 0 Å². The normalized spacial score (nSPS) is 52.7. The maximum Gasteiger partial charge on any atom is 0.314 e. The van der Waals surface area contributed by atoms with Crippen LogP contribution in [0.4, 0.5) is 0 Å². The highest BCUT2D eigenvalue weighted by molar-refractivity contribution is 5.84. The van der Waals surface area contributed by atoms with E-state index in [1.807, 2.05) is 0 Å². The van der Waals surface area contributed by atoms with Gasteiger partial charge in [-0.05, 0) is 104 Å². The van der Waals surface area contributed by atoms with E-state index in [0.29, 0.717) is 31.1 Å². The first-order chi connectivity index (χ1) is 16.2. The van der Waals surface area contributed by atoms with Crippen LogP contribution in [-0.2, 0) is 9.59 Å². The van der Waals surface area contributed by atoms with Gasteiger partial charge in [0.2, 0.25) is 0 Å². The molecule has 0 spiro atoms. The molecule has 5 heteroatoms. The Hall–Kier alpha value is -1.36. The number of carboxylic acids is 2. The van der Waals surface area contributed by atoms with E-state index in [0.717, 1.165) is 44.1 Å². The van der Waals surface area contributed by atoms with E-state index in [2.05, 4.69) is 47.6 Å². The Bertz CT molecular complexity index is 968. The summed E-state index contributed by atoms with van der Waals surface area (Å²) in [7, 11) is 0. The summed E-state index contributed by atoms with van der Waals surface area (Å²) in [6.45, 7) is 13.4. The van der Waals surface area contributed by atoms with Crippen molar-refractivity contribution in [2.24, 2.45) is 56.7 Å². The van der Waals surface area contributed by atoms with Crippen molar-refractivity contribution < 1.29 is 24.9 Å². The highest BCUT2D eigenvalue weighted by atomic mass is 16.4. The molecule has 5 aliphatic rings. The maximum absolute atomic E-state index is 13.5. The third-order valence-electron chi connectivity index (χ3n) is 13.2. The van der Waals surface area contributed by atoms with Gasteiger partial charge in [0.1, 0.15) is 0 Å². The predicted octanol–water partition coefficient (Wildman–Crippen LogP) is 6.15. The molecule has 4 saturated carbocycles. The van der Waals surface area contributed by atoms with Gasteiger partial charge >= 0.3 is 11.9 Å². The molecule has 0 aliphatic heterocycles. The third-order valence-corrected chi connectivity index (χ3v) is 13.2. The van der Waals surface area contributed by atoms with Crippen LogP contribution in [0.1, 0.15) is 99.3 Å². The first-order valence-electron chi connectivity index (χ1n) is 14.1. The number of aliphatic hydroxyl groups excluding tert-OH is 1. The van der Waals surface area contributed by atoms with Crippen LogP contribution in [0.15, 0.2) is 11.6 Å². The Morgan fingerprint density at radius 1 is 0.857 bits per heavy atom. The van der Waals surface area contributed by atoms with E-state index >= 15 is 0 Å². The zero-order valence-corrected chi connectivity index (χ0v) is 22.6. The van der Waals surface area contributed by atoms with Crippen molar-refractivity contribution in [1.29, 1.82) is 0 Å². The van der Waals surface area contributed by atoms with Crippen LogP contribution in [0, 0.1) is 56.7 Å². The fourth-order valence-corrected chi connectivity index (χ4v) is 11.0. The second-order valence-electron chi connectivity index (χ2n) is 14.4. The Morgan fingerprint density at radius 3 is 2.17 bits per heavy atom. The Morgan fingerprint density at radius 2 is 1.54 bits per heavy atom. The molecule has 0 amide bonds. The van der Waals surface area contributed by atoms with E-state index in [4.69, 9.17) is 0 Å². The first-order valence-corrected chi connectivity index (χ1v) is 14.1. The van der Waals surface area contributed by atoms with Gasteiger partial charge in [0, 0.05) is 0 Å². The molecule has 5 aliphatic carbocycles. The lowest BCUT2D eigenvalue weighted by molar-refractivity contribution is -0.216. The van der Waals surface area contributed by atoms with Gasteiger partial charge in [0.05, 0.1) is 16.9 Å². The summed E-state index contributed by atoms with van der Waals surface area (Å²) in [6, 6.07) is 0. The molecule has 0 saturated heterocycles. The van der Waals surface area contributed by atoms with E-state index in [-0.39, 0.29) is 34.7 Å². The molecule has 196 valence electrons. The number of rotatable bonds is 2. The molecule has 0 bridgehead atoms. The van der Waals surface area contributed by atoms with Gasteiger partial charge in [-0.1, -0.05) is 53.2 Å². The summed E-state index contributed by atoms with van der Waals surface area (Å²) in [5.41, 5.74) is -1.53. The maximum atomic E-state index is 13.5. The molecule has 35 heavy (non-hydrogen) atoms. The van der Waals surface area contributed by atoms with E-state index in [1.54, 1.807) is 0 Å². The van der Waals surface area contributed by atoms with Crippen LogP contribution in [-0.4, -0.2) is 33.4 Å². The minimum Gasteiger partial charge on any atom is -0.481 e. The summed E-state index contributed by atoms with van der Waals surface area (Å²) in [5.74, 6) is -0.563. The zero-order valence-electron chi connectivity index (χ0n) is 22.6. The first kappa shape index (κ1) is 25.3. The van der Waals surface area contributed by atoms with E-state index in [9.17, 15) is 24.9 Å². The van der Waals surface area contributed by atoms with Crippen molar-refractivity contribution in [3.8, 4) is 0 Å². The summed E-state index contributed by atoms with van der Waals surface area (Å²) in [6.07, 6.45) is 8.62. The second-order valence-corrected chi connectivity index (χ2v) is 14.4. The van der Waals surface area contributed by atoms with E-state index < -0.39 is 28.2 Å². The van der Waals surface area contributed by atoms with Crippen molar-refractivity contribution in [2.75, 3.05) is 0 Å². The summed E-state index contributed by atoms with van der Waals surface area (Å²) < 4.78 is 0. The van der Waals surface area contributed by atoms with Gasteiger partial charge in [-0.25, -0.2) is 0 Å². The second kappa shape index (κ2) is 7.58. The standard InChI is InChI=1S/C30H46O5/c1-17-9-14-29(24(32)33)15-16-30(25(34)35)19(23(29)18(17)2)7-8-21-27(5)12-11-22(31)26(3,4)20(27)10-13-28(21,30)6/h7,17-18,20-23,31H,8-16H2,1-6H3,(H,32,33)(H,34,35)/t17-,18+,20+,21-,22+,23-,27+,28-,29+,30-/m1/s1. The molecule has 0 aromatic carbocycles. The van der Waals surface area contributed by atoms with Gasteiger partial charge < -0.3 is 15.3 Å². The van der Waals surface area contributed by atoms with Gasteiger partial charge in [-0.3, -0.25) is 9.59 Å². The Labute approximate surface area is 210 Å².